The molecule has 1 amide bonds. The maximum absolute atomic E-state index is 12.6. The summed E-state index contributed by atoms with van der Waals surface area (Å²) in [6, 6.07) is 12.2. The van der Waals surface area contributed by atoms with Crippen LogP contribution in [0.25, 0.3) is 0 Å². The Hall–Kier alpha value is -2.43. The van der Waals surface area contributed by atoms with E-state index >= 15 is 0 Å². The van der Waals surface area contributed by atoms with Crippen LogP contribution in [0.4, 0.5) is 5.82 Å². The third-order valence-electron chi connectivity index (χ3n) is 5.97. The van der Waals surface area contributed by atoms with E-state index in [1.807, 2.05) is 42.2 Å². The van der Waals surface area contributed by atoms with E-state index in [0.717, 1.165) is 68.3 Å². The summed E-state index contributed by atoms with van der Waals surface area (Å²) in [4.78, 5) is 26.3. The summed E-state index contributed by atoms with van der Waals surface area (Å²) < 4.78 is 0. The fourth-order valence-corrected chi connectivity index (χ4v) is 4.39. The number of hydrogen-bond donors (Lipinski definition) is 0. The fourth-order valence-electron chi connectivity index (χ4n) is 4.39. The molecule has 2 aliphatic heterocycles. The van der Waals surface area contributed by atoms with Crippen LogP contribution in [0.2, 0.25) is 0 Å². The van der Waals surface area contributed by atoms with Gasteiger partial charge in [-0.1, -0.05) is 30.3 Å². The van der Waals surface area contributed by atoms with Crippen molar-refractivity contribution in [3.63, 3.8) is 0 Å². The highest BCUT2D eigenvalue weighted by molar-refractivity contribution is 5.78. The molecule has 0 bridgehead atoms. The van der Waals surface area contributed by atoms with E-state index in [4.69, 9.17) is 4.98 Å². The van der Waals surface area contributed by atoms with Gasteiger partial charge in [0.15, 0.2) is 0 Å². The first-order valence-corrected chi connectivity index (χ1v) is 10.6. The summed E-state index contributed by atoms with van der Waals surface area (Å²) in [6.45, 7) is 5.93. The van der Waals surface area contributed by atoms with Crippen molar-refractivity contribution in [3.05, 3.63) is 53.5 Å². The molecule has 2 aromatic rings. The number of benzene rings is 1. The molecule has 1 aromatic heterocycles. The average molecular weight is 379 g/mol. The SMILES string of the molecule is Cc1nc(CC2CCN(C(=O)Cc3ccccc3)CC2)cc(N2CCCC2)n1. The van der Waals surface area contributed by atoms with Gasteiger partial charge in [0.05, 0.1) is 6.42 Å². The van der Waals surface area contributed by atoms with Crippen LogP contribution in [-0.2, 0) is 17.6 Å². The van der Waals surface area contributed by atoms with Gasteiger partial charge in [0.1, 0.15) is 11.6 Å². The molecule has 0 atom stereocenters. The zero-order chi connectivity index (χ0) is 19.3. The highest BCUT2D eigenvalue weighted by Crippen LogP contribution is 2.24. The summed E-state index contributed by atoms with van der Waals surface area (Å²) in [6.07, 6.45) is 6.13. The number of anilines is 1. The molecule has 0 aliphatic carbocycles. The van der Waals surface area contributed by atoms with Gasteiger partial charge in [-0.05, 0) is 50.5 Å². The number of rotatable bonds is 5. The minimum Gasteiger partial charge on any atom is -0.357 e. The number of carbonyl (C=O) groups is 1. The van der Waals surface area contributed by atoms with E-state index in [1.54, 1.807) is 0 Å². The van der Waals surface area contributed by atoms with Gasteiger partial charge in [-0.25, -0.2) is 9.97 Å². The second-order valence-corrected chi connectivity index (χ2v) is 8.15. The molecule has 3 heterocycles. The molecule has 1 aromatic carbocycles. The topological polar surface area (TPSA) is 49.3 Å². The number of nitrogens with zero attached hydrogens (tertiary/aromatic N) is 4. The lowest BCUT2D eigenvalue weighted by Crippen LogP contribution is -2.39. The summed E-state index contributed by atoms with van der Waals surface area (Å²) in [7, 11) is 0. The molecule has 5 nitrogen and oxygen atoms in total. The lowest BCUT2D eigenvalue weighted by atomic mass is 9.91. The van der Waals surface area contributed by atoms with Crippen LogP contribution < -0.4 is 4.90 Å². The predicted octanol–water partition coefficient (Wildman–Crippen LogP) is 3.41. The van der Waals surface area contributed by atoms with Crippen molar-refractivity contribution >= 4 is 11.7 Å². The molecule has 0 unspecified atom stereocenters. The van der Waals surface area contributed by atoms with Gasteiger partial charge >= 0.3 is 0 Å². The lowest BCUT2D eigenvalue weighted by molar-refractivity contribution is -0.131. The van der Waals surface area contributed by atoms with Crippen molar-refractivity contribution in [1.29, 1.82) is 0 Å². The van der Waals surface area contributed by atoms with E-state index in [-0.39, 0.29) is 5.91 Å². The minimum atomic E-state index is 0.249. The van der Waals surface area contributed by atoms with Crippen LogP contribution in [0.1, 0.15) is 42.8 Å². The molecule has 5 heteroatoms. The molecule has 0 N–H and O–H groups in total. The summed E-state index contributed by atoms with van der Waals surface area (Å²) in [5.41, 5.74) is 2.25. The van der Waals surface area contributed by atoms with E-state index < -0.39 is 0 Å². The molecule has 2 fully saturated rings. The Morgan fingerprint density at radius 2 is 1.75 bits per heavy atom. The van der Waals surface area contributed by atoms with Gasteiger partial charge in [-0.2, -0.15) is 0 Å². The third-order valence-corrected chi connectivity index (χ3v) is 5.97. The molecule has 28 heavy (non-hydrogen) atoms. The smallest absolute Gasteiger partial charge is 0.226 e. The number of piperidine rings is 1. The normalized spacial score (nSPS) is 17.9. The van der Waals surface area contributed by atoms with Crippen molar-refractivity contribution in [2.24, 2.45) is 5.92 Å². The Balaban J connectivity index is 1.31. The second-order valence-electron chi connectivity index (χ2n) is 8.15. The molecule has 148 valence electrons. The van der Waals surface area contributed by atoms with Crippen LogP contribution >= 0.6 is 0 Å². The third kappa shape index (κ3) is 4.70. The Kier molecular flexibility index (Phi) is 5.89. The summed E-state index contributed by atoms with van der Waals surface area (Å²) in [5, 5.41) is 0. The van der Waals surface area contributed by atoms with Crippen molar-refractivity contribution in [3.8, 4) is 0 Å². The van der Waals surface area contributed by atoms with Crippen LogP contribution in [0.3, 0.4) is 0 Å². The maximum Gasteiger partial charge on any atom is 0.226 e. The van der Waals surface area contributed by atoms with E-state index in [9.17, 15) is 4.79 Å². The van der Waals surface area contributed by atoms with Crippen LogP contribution in [-0.4, -0.2) is 47.0 Å². The Labute approximate surface area is 167 Å². The summed E-state index contributed by atoms with van der Waals surface area (Å²) >= 11 is 0. The Bertz CT molecular complexity index is 794. The average Bonchev–Trinajstić information content (AvgIpc) is 3.24. The van der Waals surface area contributed by atoms with Crippen molar-refractivity contribution < 1.29 is 4.79 Å². The van der Waals surface area contributed by atoms with Crippen molar-refractivity contribution in [2.45, 2.75) is 45.4 Å². The highest BCUT2D eigenvalue weighted by atomic mass is 16.2. The largest absolute Gasteiger partial charge is 0.357 e. The van der Waals surface area contributed by atoms with Gasteiger partial charge in [-0.3, -0.25) is 4.79 Å². The van der Waals surface area contributed by atoms with Gasteiger partial charge in [-0.15, -0.1) is 0 Å². The van der Waals surface area contributed by atoms with E-state index in [2.05, 4.69) is 16.0 Å². The zero-order valence-corrected chi connectivity index (χ0v) is 16.8. The quantitative estimate of drug-likeness (QED) is 0.800. The van der Waals surface area contributed by atoms with Gasteiger partial charge in [0.2, 0.25) is 5.91 Å². The highest BCUT2D eigenvalue weighted by Gasteiger charge is 2.24. The predicted molar refractivity (Wildman–Crippen MR) is 111 cm³/mol. The molecule has 0 saturated carbocycles. The van der Waals surface area contributed by atoms with Crippen molar-refractivity contribution in [2.75, 3.05) is 31.1 Å². The standard InChI is InChI=1S/C23H30N4O/c1-18-24-21(17-22(25-18)26-11-5-6-12-26)15-20-9-13-27(14-10-20)23(28)16-19-7-3-2-4-8-19/h2-4,7-8,17,20H,5-6,9-16H2,1H3. The van der Waals surface area contributed by atoms with Gasteiger partial charge in [0, 0.05) is 37.9 Å². The molecule has 0 radical (unpaired) electrons. The van der Waals surface area contributed by atoms with Crippen LogP contribution in [0.5, 0.6) is 0 Å². The number of amides is 1. The molecule has 2 aliphatic rings. The Morgan fingerprint density at radius 3 is 2.46 bits per heavy atom. The molecule has 4 rings (SSSR count). The lowest BCUT2D eigenvalue weighted by Gasteiger charge is -2.32. The van der Waals surface area contributed by atoms with Gasteiger partial charge < -0.3 is 9.80 Å². The molecule has 2 saturated heterocycles. The maximum atomic E-state index is 12.6. The first-order valence-electron chi connectivity index (χ1n) is 10.6. The number of likely N-dealkylation sites (tertiary alicyclic amines) is 1. The second kappa shape index (κ2) is 8.72. The molecular formula is C23H30N4O. The number of aromatic nitrogens is 2. The summed E-state index contributed by atoms with van der Waals surface area (Å²) in [5.74, 6) is 2.81. The van der Waals surface area contributed by atoms with E-state index in [1.165, 1.54) is 12.8 Å². The molecule has 0 spiro atoms. The number of carbonyl (C=O) groups excluding carboxylic acids is 1. The number of aryl methyl sites for hydroxylation is 1. The van der Waals surface area contributed by atoms with Crippen LogP contribution in [0.15, 0.2) is 36.4 Å². The minimum absolute atomic E-state index is 0.249. The zero-order valence-electron chi connectivity index (χ0n) is 16.8. The van der Waals surface area contributed by atoms with Crippen molar-refractivity contribution in [1.82, 2.24) is 14.9 Å². The monoisotopic (exact) mass is 378 g/mol. The number of hydrogen-bond acceptors (Lipinski definition) is 4. The van der Waals surface area contributed by atoms with Gasteiger partial charge in [0.25, 0.3) is 0 Å². The van der Waals surface area contributed by atoms with Crippen LogP contribution in [0, 0.1) is 12.8 Å². The van der Waals surface area contributed by atoms with E-state index in [0.29, 0.717) is 12.3 Å². The fraction of sp³-hybridized carbons (Fsp3) is 0.522. The first-order chi connectivity index (χ1) is 13.7. The first kappa shape index (κ1) is 18.9. The Morgan fingerprint density at radius 1 is 1.04 bits per heavy atom. The molecular weight excluding hydrogens is 348 g/mol.